The molecule has 76 valence electrons. The minimum atomic E-state index is -0.225. The van der Waals surface area contributed by atoms with E-state index in [1.165, 1.54) is 0 Å². The maximum atomic E-state index is 8.75. The topological polar surface area (TPSA) is 33.0 Å². The normalized spacial score (nSPS) is 20.2. The highest BCUT2D eigenvalue weighted by Gasteiger charge is 2.29. The molecule has 0 fully saturated rings. The molecular weight excluding hydrogens is 186 g/mol. The van der Waals surface area contributed by atoms with Crippen molar-refractivity contribution in [3.63, 3.8) is 0 Å². The average Bonchev–Trinajstić information content (AvgIpc) is 2.16. The second-order valence-corrected chi connectivity index (χ2v) is 4.33. The molecule has 0 atom stereocenters. The molecule has 15 heavy (non-hydrogen) atoms. The Morgan fingerprint density at radius 3 is 2.87 bits per heavy atom. The fraction of sp³-hybridized carbons (Fsp3) is 0.308. The third kappa shape index (κ3) is 1.87. The number of nitrogens with zero attached hydrogens (tertiary/aromatic N) is 1. The van der Waals surface area contributed by atoms with E-state index >= 15 is 0 Å². The number of ether oxygens (including phenoxy) is 1. The van der Waals surface area contributed by atoms with Gasteiger partial charge in [-0.15, -0.1) is 0 Å². The van der Waals surface area contributed by atoms with E-state index in [4.69, 9.17) is 10.00 Å². The van der Waals surface area contributed by atoms with Crippen molar-refractivity contribution in [2.24, 2.45) is 0 Å². The molecule has 0 aromatic heterocycles. The van der Waals surface area contributed by atoms with Crippen LogP contribution < -0.4 is 4.74 Å². The van der Waals surface area contributed by atoms with E-state index < -0.39 is 0 Å². The largest absolute Gasteiger partial charge is 0.487 e. The van der Waals surface area contributed by atoms with Crippen molar-refractivity contribution in [3.8, 4) is 11.8 Å². The highest BCUT2D eigenvalue weighted by Crippen LogP contribution is 2.39. The summed E-state index contributed by atoms with van der Waals surface area (Å²) in [6.45, 7) is 4.07. The molecule has 0 aliphatic carbocycles. The SMILES string of the molecule is CC1(C)C/C(=C/C#N)c2ccccc2O1. The average molecular weight is 199 g/mol. The number of hydrogen-bond acceptors (Lipinski definition) is 2. The molecule has 1 aromatic carbocycles. The van der Waals surface area contributed by atoms with Gasteiger partial charge in [0.05, 0.1) is 6.07 Å². The first-order chi connectivity index (χ1) is 7.12. The molecule has 2 heteroatoms. The van der Waals surface area contributed by atoms with Crippen molar-refractivity contribution in [2.75, 3.05) is 0 Å². The molecule has 1 aliphatic rings. The van der Waals surface area contributed by atoms with Gasteiger partial charge >= 0.3 is 0 Å². The van der Waals surface area contributed by atoms with Crippen LogP contribution in [-0.2, 0) is 0 Å². The summed E-state index contributed by atoms with van der Waals surface area (Å²) in [6.07, 6.45) is 2.39. The molecule has 0 amide bonds. The Kier molecular flexibility index (Phi) is 2.24. The predicted octanol–water partition coefficient (Wildman–Crippen LogP) is 3.15. The molecule has 1 aliphatic heterocycles. The third-order valence-electron chi connectivity index (χ3n) is 2.47. The van der Waals surface area contributed by atoms with Gasteiger partial charge in [0, 0.05) is 18.1 Å². The lowest BCUT2D eigenvalue weighted by Crippen LogP contribution is -2.31. The van der Waals surface area contributed by atoms with Crippen LogP contribution in [0.3, 0.4) is 0 Å². The zero-order chi connectivity index (χ0) is 10.9. The molecule has 0 saturated heterocycles. The molecule has 2 nitrogen and oxygen atoms in total. The van der Waals surface area contributed by atoms with E-state index in [9.17, 15) is 0 Å². The summed E-state index contributed by atoms with van der Waals surface area (Å²) in [4.78, 5) is 0. The van der Waals surface area contributed by atoms with Crippen LogP contribution in [0.25, 0.3) is 5.57 Å². The summed E-state index contributed by atoms with van der Waals surface area (Å²) in [5, 5.41) is 8.75. The quantitative estimate of drug-likeness (QED) is 0.601. The van der Waals surface area contributed by atoms with Gasteiger partial charge in [-0.05, 0) is 25.5 Å². The zero-order valence-corrected chi connectivity index (χ0v) is 8.95. The minimum Gasteiger partial charge on any atom is -0.487 e. The van der Waals surface area contributed by atoms with Crippen LogP contribution in [0.1, 0.15) is 25.8 Å². The molecule has 0 radical (unpaired) electrons. The van der Waals surface area contributed by atoms with Gasteiger partial charge in [0.2, 0.25) is 0 Å². The number of rotatable bonds is 0. The van der Waals surface area contributed by atoms with E-state index in [0.29, 0.717) is 0 Å². The highest BCUT2D eigenvalue weighted by atomic mass is 16.5. The van der Waals surface area contributed by atoms with Crippen LogP contribution in [0.4, 0.5) is 0 Å². The first-order valence-corrected chi connectivity index (χ1v) is 4.99. The van der Waals surface area contributed by atoms with Gasteiger partial charge in [-0.3, -0.25) is 0 Å². The Labute approximate surface area is 89.8 Å². The maximum Gasteiger partial charge on any atom is 0.127 e. The number of para-hydroxylation sites is 1. The molecule has 1 aromatic rings. The monoisotopic (exact) mass is 199 g/mol. The zero-order valence-electron chi connectivity index (χ0n) is 8.95. The Bertz CT molecular complexity index is 452. The highest BCUT2D eigenvalue weighted by molar-refractivity contribution is 5.74. The van der Waals surface area contributed by atoms with Crippen LogP contribution in [0.2, 0.25) is 0 Å². The van der Waals surface area contributed by atoms with Crippen LogP contribution in [-0.4, -0.2) is 5.60 Å². The number of allylic oxidation sites excluding steroid dienone is 1. The molecule has 1 heterocycles. The summed E-state index contributed by atoms with van der Waals surface area (Å²) in [6, 6.07) is 9.95. The molecule has 0 N–H and O–H groups in total. The van der Waals surface area contributed by atoms with E-state index in [-0.39, 0.29) is 5.60 Å². The van der Waals surface area contributed by atoms with Crippen molar-refractivity contribution < 1.29 is 4.74 Å². The lowest BCUT2D eigenvalue weighted by molar-refractivity contribution is 0.107. The van der Waals surface area contributed by atoms with Crippen LogP contribution in [0.5, 0.6) is 5.75 Å². The van der Waals surface area contributed by atoms with Crippen molar-refractivity contribution >= 4 is 5.57 Å². The van der Waals surface area contributed by atoms with Gasteiger partial charge in [0.25, 0.3) is 0 Å². The van der Waals surface area contributed by atoms with Crippen molar-refractivity contribution in [3.05, 3.63) is 35.9 Å². The predicted molar refractivity (Wildman–Crippen MR) is 59.4 cm³/mol. The van der Waals surface area contributed by atoms with Gasteiger partial charge < -0.3 is 4.74 Å². The molecule has 0 spiro atoms. The first-order valence-electron chi connectivity index (χ1n) is 4.99. The van der Waals surface area contributed by atoms with E-state index in [2.05, 4.69) is 6.07 Å². The second kappa shape index (κ2) is 3.43. The van der Waals surface area contributed by atoms with Gasteiger partial charge in [-0.2, -0.15) is 5.26 Å². The number of benzene rings is 1. The summed E-state index contributed by atoms with van der Waals surface area (Å²) in [7, 11) is 0. The van der Waals surface area contributed by atoms with E-state index in [1.807, 2.05) is 38.1 Å². The molecule has 0 unspecified atom stereocenters. The Morgan fingerprint density at radius 1 is 1.40 bits per heavy atom. The maximum absolute atomic E-state index is 8.75. The minimum absolute atomic E-state index is 0.225. The van der Waals surface area contributed by atoms with E-state index in [0.717, 1.165) is 23.3 Å². The lowest BCUT2D eigenvalue weighted by atomic mass is 9.89. The number of fused-ring (bicyclic) bond motifs is 1. The molecular formula is C13H13NO. The Morgan fingerprint density at radius 2 is 2.13 bits per heavy atom. The standard InChI is InChI=1S/C13H13NO/c1-13(2)9-10(7-8-14)11-5-3-4-6-12(11)15-13/h3-7H,9H2,1-2H3/b10-7-. The molecule has 0 bridgehead atoms. The number of nitriles is 1. The fourth-order valence-corrected chi connectivity index (χ4v) is 1.92. The smallest absolute Gasteiger partial charge is 0.127 e. The molecule has 0 saturated carbocycles. The lowest BCUT2D eigenvalue weighted by Gasteiger charge is -2.33. The first kappa shape index (κ1) is 9.79. The van der Waals surface area contributed by atoms with Gasteiger partial charge in [-0.25, -0.2) is 0 Å². The second-order valence-electron chi connectivity index (χ2n) is 4.33. The van der Waals surface area contributed by atoms with Crippen LogP contribution >= 0.6 is 0 Å². The number of hydrogen-bond donors (Lipinski definition) is 0. The summed E-state index contributed by atoms with van der Waals surface area (Å²) >= 11 is 0. The van der Waals surface area contributed by atoms with Crippen LogP contribution in [0.15, 0.2) is 30.3 Å². The summed E-state index contributed by atoms with van der Waals surface area (Å²) < 4.78 is 5.85. The third-order valence-corrected chi connectivity index (χ3v) is 2.47. The molecule has 2 rings (SSSR count). The van der Waals surface area contributed by atoms with Gasteiger partial charge in [0.1, 0.15) is 11.4 Å². The Balaban J connectivity index is 2.54. The summed E-state index contributed by atoms with van der Waals surface area (Å²) in [5.41, 5.74) is 1.87. The van der Waals surface area contributed by atoms with Crippen molar-refractivity contribution in [1.29, 1.82) is 5.26 Å². The van der Waals surface area contributed by atoms with E-state index in [1.54, 1.807) is 6.08 Å². The van der Waals surface area contributed by atoms with Crippen LogP contribution in [0, 0.1) is 11.3 Å². The van der Waals surface area contributed by atoms with Gasteiger partial charge in [0.15, 0.2) is 0 Å². The Hall–Kier alpha value is -1.75. The van der Waals surface area contributed by atoms with Gasteiger partial charge in [-0.1, -0.05) is 18.2 Å². The fourth-order valence-electron chi connectivity index (χ4n) is 1.92. The summed E-state index contributed by atoms with van der Waals surface area (Å²) in [5.74, 6) is 0.871. The van der Waals surface area contributed by atoms with Crippen molar-refractivity contribution in [2.45, 2.75) is 25.9 Å². The van der Waals surface area contributed by atoms with Crippen molar-refractivity contribution in [1.82, 2.24) is 0 Å².